The lowest BCUT2D eigenvalue weighted by atomic mass is 10.2. The Morgan fingerprint density at radius 2 is 1.72 bits per heavy atom. The highest BCUT2D eigenvalue weighted by atomic mass is 19.2. The average Bonchev–Trinajstić information content (AvgIpc) is 2.38. The van der Waals surface area contributed by atoms with Gasteiger partial charge in [0.15, 0.2) is 23.3 Å². The number of hydrogen-bond donors (Lipinski definition) is 1. The predicted octanol–water partition coefficient (Wildman–Crippen LogP) is 3.25. The molecule has 0 saturated carbocycles. The van der Waals surface area contributed by atoms with Crippen LogP contribution >= 0.6 is 0 Å². The molecule has 0 aliphatic rings. The molecular formula is C12H8F4N2. The minimum Gasteiger partial charge on any atom is -0.376 e. The Balaban J connectivity index is 2.24. The molecule has 2 aromatic rings. The summed E-state index contributed by atoms with van der Waals surface area (Å²) in [5.74, 6) is -5.78. The maximum atomic E-state index is 13.3. The van der Waals surface area contributed by atoms with Crippen molar-refractivity contribution in [3.63, 3.8) is 0 Å². The van der Waals surface area contributed by atoms with Crippen LogP contribution in [0.3, 0.4) is 0 Å². The summed E-state index contributed by atoms with van der Waals surface area (Å²) in [6, 6.07) is 3.46. The maximum Gasteiger partial charge on any atom is 0.185 e. The fraction of sp³-hybridized carbons (Fsp3) is 0.0833. The van der Waals surface area contributed by atoms with Crippen molar-refractivity contribution in [2.45, 2.75) is 6.54 Å². The molecule has 1 aromatic carbocycles. The molecule has 0 fully saturated rings. The van der Waals surface area contributed by atoms with E-state index in [9.17, 15) is 17.6 Å². The van der Waals surface area contributed by atoms with Crippen LogP contribution in [0.5, 0.6) is 0 Å². The van der Waals surface area contributed by atoms with Crippen molar-refractivity contribution in [3.05, 3.63) is 59.4 Å². The first-order valence-electron chi connectivity index (χ1n) is 5.05. The van der Waals surface area contributed by atoms with Crippen LogP contribution in [0.15, 0.2) is 30.6 Å². The van der Waals surface area contributed by atoms with Gasteiger partial charge in [0.2, 0.25) is 0 Å². The number of hydrogen-bond acceptors (Lipinski definition) is 2. The number of anilines is 1. The Bertz CT molecular complexity index is 531. The topological polar surface area (TPSA) is 24.9 Å². The fourth-order valence-electron chi connectivity index (χ4n) is 1.42. The summed E-state index contributed by atoms with van der Waals surface area (Å²) < 4.78 is 52.4. The Hall–Kier alpha value is -2.11. The lowest BCUT2D eigenvalue weighted by Crippen LogP contribution is -2.07. The van der Waals surface area contributed by atoms with Crippen molar-refractivity contribution in [1.29, 1.82) is 0 Å². The van der Waals surface area contributed by atoms with Crippen LogP contribution in [0.2, 0.25) is 0 Å². The zero-order chi connectivity index (χ0) is 13.1. The van der Waals surface area contributed by atoms with Crippen molar-refractivity contribution < 1.29 is 17.6 Å². The third kappa shape index (κ3) is 2.42. The van der Waals surface area contributed by atoms with Crippen LogP contribution in [-0.4, -0.2) is 4.98 Å². The molecule has 6 heteroatoms. The summed E-state index contributed by atoms with van der Waals surface area (Å²) in [6.07, 6.45) is 3.00. The van der Waals surface area contributed by atoms with Crippen LogP contribution in [0, 0.1) is 23.3 Å². The number of aromatic nitrogens is 1. The minimum absolute atomic E-state index is 0.00454. The van der Waals surface area contributed by atoms with Gasteiger partial charge >= 0.3 is 0 Å². The molecule has 0 bridgehead atoms. The first-order valence-corrected chi connectivity index (χ1v) is 5.05. The largest absolute Gasteiger partial charge is 0.376 e. The molecule has 2 rings (SSSR count). The van der Waals surface area contributed by atoms with E-state index in [0.717, 1.165) is 0 Å². The van der Waals surface area contributed by atoms with Gasteiger partial charge in [-0.1, -0.05) is 6.07 Å². The smallest absolute Gasteiger partial charge is 0.185 e. The first-order chi connectivity index (χ1) is 8.59. The summed E-state index contributed by atoms with van der Waals surface area (Å²) >= 11 is 0. The van der Waals surface area contributed by atoms with Crippen molar-refractivity contribution in [2.75, 3.05) is 5.32 Å². The van der Waals surface area contributed by atoms with Crippen molar-refractivity contribution in [1.82, 2.24) is 4.98 Å². The standard InChI is InChI=1S/C12H8F4N2/c13-8-4-9(14)11(16)12(10(8)15)18-6-7-2-1-3-17-5-7/h1-5,18H,6H2. The van der Waals surface area contributed by atoms with Crippen LogP contribution in [0.1, 0.15) is 5.56 Å². The van der Waals surface area contributed by atoms with E-state index in [4.69, 9.17) is 0 Å². The zero-order valence-electron chi connectivity index (χ0n) is 9.05. The monoisotopic (exact) mass is 256 g/mol. The number of halogens is 4. The van der Waals surface area contributed by atoms with E-state index in [2.05, 4.69) is 10.3 Å². The SMILES string of the molecule is Fc1cc(F)c(F)c(NCc2cccnc2)c1F. The van der Waals surface area contributed by atoms with Gasteiger partial charge in [-0.2, -0.15) is 0 Å². The molecular weight excluding hydrogens is 248 g/mol. The van der Waals surface area contributed by atoms with Crippen molar-refractivity contribution >= 4 is 5.69 Å². The molecule has 1 aromatic heterocycles. The molecule has 0 amide bonds. The summed E-state index contributed by atoms with van der Waals surface area (Å²) in [4.78, 5) is 3.80. The van der Waals surface area contributed by atoms with Gasteiger partial charge in [0.25, 0.3) is 0 Å². The van der Waals surface area contributed by atoms with E-state index in [-0.39, 0.29) is 12.6 Å². The van der Waals surface area contributed by atoms with E-state index >= 15 is 0 Å². The molecule has 0 aliphatic heterocycles. The lowest BCUT2D eigenvalue weighted by Gasteiger charge is -2.09. The molecule has 18 heavy (non-hydrogen) atoms. The van der Waals surface area contributed by atoms with E-state index in [1.165, 1.54) is 12.4 Å². The Labute approximate surface area is 100 Å². The molecule has 0 aliphatic carbocycles. The number of benzene rings is 1. The van der Waals surface area contributed by atoms with Gasteiger partial charge in [-0.05, 0) is 11.6 Å². The molecule has 0 spiro atoms. The van der Waals surface area contributed by atoms with Gasteiger partial charge in [-0.3, -0.25) is 4.98 Å². The van der Waals surface area contributed by atoms with Crippen LogP contribution in [0.25, 0.3) is 0 Å². The highest BCUT2D eigenvalue weighted by molar-refractivity contribution is 5.47. The number of nitrogens with one attached hydrogen (secondary N) is 1. The first kappa shape index (κ1) is 12.3. The zero-order valence-corrected chi connectivity index (χ0v) is 9.05. The fourth-order valence-corrected chi connectivity index (χ4v) is 1.42. The molecule has 0 radical (unpaired) electrons. The van der Waals surface area contributed by atoms with E-state index in [1.54, 1.807) is 12.1 Å². The van der Waals surface area contributed by atoms with E-state index in [0.29, 0.717) is 5.56 Å². The highest BCUT2D eigenvalue weighted by Gasteiger charge is 2.18. The predicted molar refractivity (Wildman–Crippen MR) is 57.8 cm³/mol. The summed E-state index contributed by atoms with van der Waals surface area (Å²) in [6.45, 7) is 0.00454. The van der Waals surface area contributed by atoms with Crippen LogP contribution < -0.4 is 5.32 Å². The second kappa shape index (κ2) is 5.03. The molecule has 94 valence electrons. The van der Waals surface area contributed by atoms with E-state index < -0.39 is 29.0 Å². The van der Waals surface area contributed by atoms with Gasteiger partial charge in [-0.15, -0.1) is 0 Å². The highest BCUT2D eigenvalue weighted by Crippen LogP contribution is 2.24. The molecule has 2 nitrogen and oxygen atoms in total. The molecule has 0 saturated heterocycles. The third-order valence-corrected chi connectivity index (χ3v) is 2.30. The minimum atomic E-state index is -1.45. The van der Waals surface area contributed by atoms with Gasteiger partial charge in [0, 0.05) is 25.0 Å². The number of pyridine rings is 1. The Kier molecular flexibility index (Phi) is 3.45. The van der Waals surface area contributed by atoms with Gasteiger partial charge in [0.1, 0.15) is 5.69 Å². The normalized spacial score (nSPS) is 10.4. The van der Waals surface area contributed by atoms with Gasteiger partial charge < -0.3 is 5.32 Å². The molecule has 1 heterocycles. The molecule has 0 unspecified atom stereocenters. The molecule has 0 atom stereocenters. The quantitative estimate of drug-likeness (QED) is 0.673. The third-order valence-electron chi connectivity index (χ3n) is 2.30. The van der Waals surface area contributed by atoms with Crippen molar-refractivity contribution in [2.24, 2.45) is 0 Å². The summed E-state index contributed by atoms with van der Waals surface area (Å²) in [5.41, 5.74) is -0.197. The number of rotatable bonds is 3. The van der Waals surface area contributed by atoms with Gasteiger partial charge in [-0.25, -0.2) is 17.6 Å². The second-order valence-electron chi connectivity index (χ2n) is 3.56. The van der Waals surface area contributed by atoms with Crippen molar-refractivity contribution in [3.8, 4) is 0 Å². The number of nitrogens with zero attached hydrogens (tertiary/aromatic N) is 1. The van der Waals surface area contributed by atoms with E-state index in [1.807, 2.05) is 0 Å². The maximum absolute atomic E-state index is 13.3. The summed E-state index contributed by atoms with van der Waals surface area (Å²) in [7, 11) is 0. The average molecular weight is 256 g/mol. The Morgan fingerprint density at radius 1 is 1.06 bits per heavy atom. The van der Waals surface area contributed by atoms with Crippen LogP contribution in [-0.2, 0) is 6.54 Å². The molecule has 1 N–H and O–H groups in total. The summed E-state index contributed by atoms with van der Waals surface area (Å²) in [5, 5.41) is 2.31. The van der Waals surface area contributed by atoms with Crippen LogP contribution in [0.4, 0.5) is 23.2 Å². The second-order valence-corrected chi connectivity index (χ2v) is 3.56. The lowest BCUT2D eigenvalue weighted by molar-refractivity contribution is 0.458. The Morgan fingerprint density at radius 3 is 2.28 bits per heavy atom. The van der Waals surface area contributed by atoms with Gasteiger partial charge in [0.05, 0.1) is 0 Å².